The van der Waals surface area contributed by atoms with Gasteiger partial charge in [-0.25, -0.2) is 4.68 Å². The van der Waals surface area contributed by atoms with E-state index >= 15 is 0 Å². The molecule has 1 amide bonds. The van der Waals surface area contributed by atoms with Crippen LogP contribution in [-0.4, -0.2) is 64.3 Å². The number of piperidine rings is 1. The minimum absolute atomic E-state index is 0.00619. The zero-order valence-electron chi connectivity index (χ0n) is 13.6. The third-order valence-electron chi connectivity index (χ3n) is 5.05. The van der Waals surface area contributed by atoms with E-state index in [0.29, 0.717) is 4.90 Å². The number of carbonyl (C=O) groups excluding carboxylic acids is 1. The summed E-state index contributed by atoms with van der Waals surface area (Å²) < 4.78 is 80.1. The first-order chi connectivity index (χ1) is 12.1. The van der Waals surface area contributed by atoms with Gasteiger partial charge in [0.2, 0.25) is 0 Å². The molecular weight excluding hydrogens is 368 g/mol. The number of aromatic nitrogens is 3. The van der Waals surface area contributed by atoms with Gasteiger partial charge in [0.15, 0.2) is 11.1 Å². The van der Waals surface area contributed by atoms with Crippen molar-refractivity contribution in [1.82, 2.24) is 25.2 Å². The summed E-state index contributed by atoms with van der Waals surface area (Å²) in [6, 6.07) is -0.00619. The smallest absolute Gasteiger partial charge is 0.336 e. The SMILES string of the molecule is O=C(c1cn(C2CCNCC2)nn1)N1CCC(C(F)(F)F)(C(F)(F)F)C1. The van der Waals surface area contributed by atoms with Gasteiger partial charge in [-0.1, -0.05) is 5.21 Å². The maximum atomic E-state index is 13.1. The van der Waals surface area contributed by atoms with E-state index in [9.17, 15) is 31.1 Å². The van der Waals surface area contributed by atoms with Crippen molar-refractivity contribution < 1.29 is 31.1 Å². The number of nitrogens with zero attached hydrogens (tertiary/aromatic N) is 4. The van der Waals surface area contributed by atoms with Crippen LogP contribution in [0.25, 0.3) is 0 Å². The highest BCUT2D eigenvalue weighted by molar-refractivity contribution is 5.92. The van der Waals surface area contributed by atoms with Crippen LogP contribution in [0, 0.1) is 5.41 Å². The third-order valence-corrected chi connectivity index (χ3v) is 5.05. The lowest BCUT2D eigenvalue weighted by Crippen LogP contribution is -2.52. The van der Waals surface area contributed by atoms with Crippen molar-refractivity contribution in [3.05, 3.63) is 11.9 Å². The Hall–Kier alpha value is -1.85. The van der Waals surface area contributed by atoms with Crippen LogP contribution in [-0.2, 0) is 0 Å². The largest absolute Gasteiger partial charge is 0.404 e. The highest BCUT2D eigenvalue weighted by atomic mass is 19.4. The number of hydrogen-bond acceptors (Lipinski definition) is 4. The second-order valence-corrected chi connectivity index (χ2v) is 6.62. The fourth-order valence-corrected chi connectivity index (χ4v) is 3.39. The average Bonchev–Trinajstić information content (AvgIpc) is 3.22. The van der Waals surface area contributed by atoms with Crippen LogP contribution in [0.3, 0.4) is 0 Å². The van der Waals surface area contributed by atoms with E-state index in [0.717, 1.165) is 25.9 Å². The van der Waals surface area contributed by atoms with Gasteiger partial charge >= 0.3 is 12.4 Å². The summed E-state index contributed by atoms with van der Waals surface area (Å²) >= 11 is 0. The van der Waals surface area contributed by atoms with Gasteiger partial charge in [-0.2, -0.15) is 26.3 Å². The highest BCUT2D eigenvalue weighted by Gasteiger charge is 2.73. The Balaban J connectivity index is 1.76. The third kappa shape index (κ3) is 3.14. The van der Waals surface area contributed by atoms with Crippen LogP contribution in [0.1, 0.15) is 35.8 Å². The number of carbonyl (C=O) groups is 1. The lowest BCUT2D eigenvalue weighted by Gasteiger charge is -2.33. The van der Waals surface area contributed by atoms with E-state index in [-0.39, 0.29) is 11.7 Å². The quantitative estimate of drug-likeness (QED) is 0.793. The molecule has 0 bridgehead atoms. The summed E-state index contributed by atoms with van der Waals surface area (Å²) in [4.78, 5) is 12.9. The van der Waals surface area contributed by atoms with Crippen LogP contribution in [0.2, 0.25) is 0 Å². The summed E-state index contributed by atoms with van der Waals surface area (Å²) in [5.74, 6) is -0.972. The fraction of sp³-hybridized carbons (Fsp3) is 0.786. The predicted octanol–water partition coefficient (Wildman–Crippen LogP) is 2.16. The number of nitrogens with one attached hydrogen (secondary N) is 1. The Morgan fingerprint density at radius 2 is 1.77 bits per heavy atom. The number of halogens is 6. The van der Waals surface area contributed by atoms with Gasteiger partial charge < -0.3 is 10.2 Å². The number of likely N-dealkylation sites (tertiary alicyclic amines) is 1. The van der Waals surface area contributed by atoms with Crippen molar-refractivity contribution in [2.75, 3.05) is 26.2 Å². The van der Waals surface area contributed by atoms with Crippen LogP contribution in [0.4, 0.5) is 26.3 Å². The molecule has 0 saturated carbocycles. The van der Waals surface area contributed by atoms with E-state index in [1.54, 1.807) is 0 Å². The van der Waals surface area contributed by atoms with Gasteiger partial charge in [-0.15, -0.1) is 5.10 Å². The molecule has 0 radical (unpaired) electrons. The monoisotopic (exact) mass is 385 g/mol. The van der Waals surface area contributed by atoms with E-state index in [1.165, 1.54) is 10.9 Å². The highest BCUT2D eigenvalue weighted by Crippen LogP contribution is 2.55. The standard InChI is InChI=1S/C14H17F6N5O/c15-13(16,17)12(14(18,19)20)3-6-24(8-12)11(26)10-7-25(23-22-10)9-1-4-21-5-2-9/h7,9,21H,1-6,8H2. The van der Waals surface area contributed by atoms with E-state index < -0.39 is 43.2 Å². The van der Waals surface area contributed by atoms with Crippen molar-refractivity contribution in [3.8, 4) is 0 Å². The molecule has 1 N–H and O–H groups in total. The Kier molecular flexibility index (Phi) is 4.65. The van der Waals surface area contributed by atoms with Crippen LogP contribution < -0.4 is 5.32 Å². The normalized spacial score (nSPS) is 22.0. The molecule has 0 aliphatic carbocycles. The van der Waals surface area contributed by atoms with Crippen molar-refractivity contribution in [3.63, 3.8) is 0 Å². The Bertz CT molecular complexity index is 650. The molecule has 2 aliphatic rings. The molecule has 1 aromatic heterocycles. The van der Waals surface area contributed by atoms with Gasteiger partial charge in [0.05, 0.1) is 12.2 Å². The maximum absolute atomic E-state index is 13.1. The van der Waals surface area contributed by atoms with Crippen LogP contribution in [0.15, 0.2) is 6.20 Å². The van der Waals surface area contributed by atoms with Gasteiger partial charge in [0, 0.05) is 13.1 Å². The minimum atomic E-state index is -5.49. The second-order valence-electron chi connectivity index (χ2n) is 6.62. The molecular formula is C14H17F6N5O. The van der Waals surface area contributed by atoms with Crippen LogP contribution in [0.5, 0.6) is 0 Å². The number of alkyl halides is 6. The Morgan fingerprint density at radius 3 is 2.31 bits per heavy atom. The number of rotatable bonds is 2. The van der Waals surface area contributed by atoms with Gasteiger partial charge in [0.1, 0.15) is 0 Å². The van der Waals surface area contributed by atoms with E-state index in [1.807, 2.05) is 0 Å². The zero-order valence-corrected chi connectivity index (χ0v) is 13.6. The first kappa shape index (κ1) is 18.9. The van der Waals surface area contributed by atoms with Crippen molar-refractivity contribution >= 4 is 5.91 Å². The van der Waals surface area contributed by atoms with Crippen LogP contribution >= 0.6 is 0 Å². The Morgan fingerprint density at radius 1 is 1.15 bits per heavy atom. The summed E-state index contributed by atoms with van der Waals surface area (Å²) in [7, 11) is 0. The van der Waals surface area contributed by atoms with Crippen molar-refractivity contribution in [2.45, 2.75) is 37.7 Å². The molecule has 3 heterocycles. The molecule has 2 aliphatic heterocycles. The number of amides is 1. The lowest BCUT2D eigenvalue weighted by molar-refractivity contribution is -0.334. The Labute approximate surface area is 144 Å². The van der Waals surface area contributed by atoms with Gasteiger partial charge in [-0.3, -0.25) is 4.79 Å². The average molecular weight is 385 g/mol. The molecule has 0 spiro atoms. The van der Waals surface area contributed by atoms with Crippen molar-refractivity contribution in [2.24, 2.45) is 5.41 Å². The molecule has 2 fully saturated rings. The summed E-state index contributed by atoms with van der Waals surface area (Å²) in [6.45, 7) is -0.601. The first-order valence-corrected chi connectivity index (χ1v) is 8.10. The second kappa shape index (κ2) is 6.39. The van der Waals surface area contributed by atoms with E-state index in [4.69, 9.17) is 0 Å². The molecule has 12 heteroatoms. The summed E-state index contributed by atoms with van der Waals surface area (Å²) in [5.41, 5.74) is -4.15. The minimum Gasteiger partial charge on any atom is -0.336 e. The molecule has 1 aromatic rings. The van der Waals surface area contributed by atoms with E-state index in [2.05, 4.69) is 15.6 Å². The fourth-order valence-electron chi connectivity index (χ4n) is 3.39. The topological polar surface area (TPSA) is 63.1 Å². The molecule has 2 saturated heterocycles. The van der Waals surface area contributed by atoms with Gasteiger partial charge in [-0.05, 0) is 32.4 Å². The molecule has 146 valence electrons. The molecule has 0 aromatic carbocycles. The molecule has 3 rings (SSSR count). The zero-order chi connectivity index (χ0) is 19.2. The lowest BCUT2D eigenvalue weighted by atomic mass is 9.85. The maximum Gasteiger partial charge on any atom is 0.404 e. The molecule has 0 atom stereocenters. The van der Waals surface area contributed by atoms with Gasteiger partial charge in [0.25, 0.3) is 5.91 Å². The summed E-state index contributed by atoms with van der Waals surface area (Å²) in [5, 5.41) is 10.6. The first-order valence-electron chi connectivity index (χ1n) is 8.10. The molecule has 6 nitrogen and oxygen atoms in total. The molecule has 26 heavy (non-hydrogen) atoms. The predicted molar refractivity (Wildman–Crippen MR) is 76.2 cm³/mol. The molecule has 0 unspecified atom stereocenters. The summed E-state index contributed by atoms with van der Waals surface area (Å²) in [6.07, 6.45) is -9.43. The number of hydrogen-bond donors (Lipinski definition) is 1. The van der Waals surface area contributed by atoms with Crippen molar-refractivity contribution in [1.29, 1.82) is 0 Å².